The highest BCUT2D eigenvalue weighted by Gasteiger charge is 2.20. The van der Waals surface area contributed by atoms with Gasteiger partial charge in [-0.05, 0) is 34.5 Å². The van der Waals surface area contributed by atoms with Gasteiger partial charge in [0.2, 0.25) is 5.91 Å². The Bertz CT molecular complexity index is 1100. The first-order chi connectivity index (χ1) is 15.0. The topological polar surface area (TPSA) is 99.1 Å². The smallest absolute Gasteiger partial charge is 0.335 e. The number of benzene rings is 3. The van der Waals surface area contributed by atoms with E-state index in [1.807, 2.05) is 41.3 Å². The van der Waals surface area contributed by atoms with Crippen molar-refractivity contribution in [3.63, 3.8) is 0 Å². The van der Waals surface area contributed by atoms with Crippen molar-refractivity contribution >= 4 is 22.6 Å². The number of nitrogens with zero attached hydrogens (tertiary/aromatic N) is 1. The molecule has 1 amide bonds. The Morgan fingerprint density at radius 2 is 1.87 bits per heavy atom. The van der Waals surface area contributed by atoms with Crippen LogP contribution in [0.4, 0.5) is 0 Å². The van der Waals surface area contributed by atoms with Crippen LogP contribution in [0.3, 0.4) is 0 Å². The lowest BCUT2D eigenvalue weighted by molar-refractivity contribution is -0.124. The molecule has 0 aliphatic carbocycles. The summed E-state index contributed by atoms with van der Waals surface area (Å²) >= 11 is 0. The first-order valence-corrected chi connectivity index (χ1v) is 10.2. The van der Waals surface area contributed by atoms with Crippen LogP contribution in [0, 0.1) is 0 Å². The van der Waals surface area contributed by atoms with Crippen LogP contribution in [0.15, 0.2) is 60.7 Å². The molecule has 160 valence electrons. The van der Waals surface area contributed by atoms with E-state index in [2.05, 4.69) is 5.32 Å². The number of carboxylic acid groups (broad SMARTS) is 1. The zero-order chi connectivity index (χ0) is 21.8. The Morgan fingerprint density at radius 1 is 1.10 bits per heavy atom. The lowest BCUT2D eigenvalue weighted by Gasteiger charge is -2.28. The summed E-state index contributed by atoms with van der Waals surface area (Å²) in [7, 11) is 0. The molecule has 0 radical (unpaired) electrons. The Hall–Kier alpha value is -3.42. The van der Waals surface area contributed by atoms with Gasteiger partial charge in [0.05, 0.1) is 12.1 Å². The lowest BCUT2D eigenvalue weighted by Crippen LogP contribution is -2.50. The summed E-state index contributed by atoms with van der Waals surface area (Å²) in [6.07, 6.45) is -0.750. The highest BCUT2D eigenvalue weighted by atomic mass is 16.5. The minimum atomic E-state index is -0.976. The molecule has 3 N–H and O–H groups in total. The Kier molecular flexibility index (Phi) is 6.16. The molecule has 1 unspecified atom stereocenters. The zero-order valence-electron chi connectivity index (χ0n) is 17.0. The van der Waals surface area contributed by atoms with Crippen LogP contribution in [0.25, 0.3) is 21.9 Å². The molecule has 3 aromatic carbocycles. The van der Waals surface area contributed by atoms with E-state index in [0.29, 0.717) is 25.4 Å². The largest absolute Gasteiger partial charge is 0.490 e. The molecule has 7 nitrogen and oxygen atoms in total. The number of hydrogen-bond acceptors (Lipinski definition) is 5. The molecular weight excluding hydrogens is 396 g/mol. The van der Waals surface area contributed by atoms with Gasteiger partial charge in [-0.1, -0.05) is 42.5 Å². The van der Waals surface area contributed by atoms with E-state index in [1.165, 1.54) is 0 Å². The molecule has 3 aromatic rings. The maximum absolute atomic E-state index is 11.5. The van der Waals surface area contributed by atoms with Crippen molar-refractivity contribution in [1.29, 1.82) is 0 Å². The molecule has 31 heavy (non-hydrogen) atoms. The molecule has 0 saturated carbocycles. The van der Waals surface area contributed by atoms with Crippen molar-refractivity contribution < 1.29 is 24.5 Å². The summed E-state index contributed by atoms with van der Waals surface area (Å²) in [6.45, 7) is 1.97. The molecule has 4 rings (SSSR count). The molecule has 0 spiro atoms. The quantitative estimate of drug-likeness (QED) is 0.543. The molecule has 1 heterocycles. The average Bonchev–Trinajstić information content (AvgIpc) is 2.77. The van der Waals surface area contributed by atoms with E-state index in [1.54, 1.807) is 24.3 Å². The normalized spacial score (nSPS) is 15.5. The molecule has 0 aromatic heterocycles. The zero-order valence-corrected chi connectivity index (χ0v) is 17.0. The van der Waals surface area contributed by atoms with E-state index < -0.39 is 12.1 Å². The average molecular weight is 420 g/mol. The molecule has 1 saturated heterocycles. The van der Waals surface area contributed by atoms with Gasteiger partial charge in [0.15, 0.2) is 0 Å². The second kappa shape index (κ2) is 9.16. The van der Waals surface area contributed by atoms with Gasteiger partial charge in [0.1, 0.15) is 18.5 Å². The Morgan fingerprint density at radius 3 is 2.61 bits per heavy atom. The number of nitrogens with one attached hydrogen (secondary N) is 1. The Labute approximate surface area is 179 Å². The Balaban J connectivity index is 1.58. The summed E-state index contributed by atoms with van der Waals surface area (Å²) in [5.41, 5.74) is 1.89. The van der Waals surface area contributed by atoms with Gasteiger partial charge in [0, 0.05) is 25.2 Å². The molecule has 1 atom stereocenters. The summed E-state index contributed by atoms with van der Waals surface area (Å²) < 4.78 is 6.01. The first kappa shape index (κ1) is 20.8. The van der Waals surface area contributed by atoms with Gasteiger partial charge in [-0.25, -0.2) is 4.79 Å². The van der Waals surface area contributed by atoms with E-state index >= 15 is 0 Å². The number of ether oxygens (including phenoxy) is 1. The van der Waals surface area contributed by atoms with Gasteiger partial charge in [0.25, 0.3) is 0 Å². The van der Waals surface area contributed by atoms with Crippen LogP contribution in [-0.2, 0) is 4.79 Å². The number of fused-ring (bicyclic) bond motifs is 1. The van der Waals surface area contributed by atoms with Crippen LogP contribution in [0.1, 0.15) is 10.4 Å². The second-order valence-corrected chi connectivity index (χ2v) is 7.59. The number of rotatable bonds is 7. The van der Waals surface area contributed by atoms with Crippen molar-refractivity contribution in [1.82, 2.24) is 10.2 Å². The van der Waals surface area contributed by atoms with Crippen molar-refractivity contribution in [2.45, 2.75) is 6.10 Å². The minimum absolute atomic E-state index is 0.0407. The monoisotopic (exact) mass is 420 g/mol. The summed E-state index contributed by atoms with van der Waals surface area (Å²) in [4.78, 5) is 24.6. The number of carboxylic acids is 1. The van der Waals surface area contributed by atoms with Crippen LogP contribution < -0.4 is 10.1 Å². The fourth-order valence-corrected chi connectivity index (χ4v) is 3.83. The fraction of sp³-hybridized carbons (Fsp3) is 0.250. The molecule has 1 fully saturated rings. The number of aromatic carboxylic acids is 1. The third-order valence-corrected chi connectivity index (χ3v) is 5.33. The molecule has 7 heteroatoms. The highest BCUT2D eigenvalue weighted by molar-refractivity contribution is 6.00. The number of piperazine rings is 1. The summed E-state index contributed by atoms with van der Waals surface area (Å²) in [5.74, 6) is -0.409. The highest BCUT2D eigenvalue weighted by Crippen LogP contribution is 2.37. The number of amides is 1. The van der Waals surface area contributed by atoms with Crippen LogP contribution in [0.2, 0.25) is 0 Å². The van der Waals surface area contributed by atoms with Gasteiger partial charge < -0.3 is 20.3 Å². The van der Waals surface area contributed by atoms with Crippen LogP contribution in [0.5, 0.6) is 5.75 Å². The van der Waals surface area contributed by atoms with Crippen LogP contribution in [-0.4, -0.2) is 65.9 Å². The van der Waals surface area contributed by atoms with Crippen molar-refractivity contribution in [2.24, 2.45) is 0 Å². The predicted octanol–water partition coefficient (Wildman–Crippen LogP) is 2.38. The van der Waals surface area contributed by atoms with Gasteiger partial charge in [-0.3, -0.25) is 9.69 Å². The number of carbonyl (C=O) groups excluding carboxylic acids is 1. The van der Waals surface area contributed by atoms with E-state index in [4.69, 9.17) is 4.74 Å². The summed E-state index contributed by atoms with van der Waals surface area (Å²) in [5, 5.41) is 24.4. The molecule has 1 aliphatic heterocycles. The SMILES string of the molecule is O=C1CN(CC(O)COc2ccc3ccccc3c2-c2ccc(C(=O)O)cc2)CCN1. The number of aliphatic hydroxyl groups excluding tert-OH is 1. The van der Waals surface area contributed by atoms with Crippen molar-refractivity contribution in [2.75, 3.05) is 32.8 Å². The molecular formula is C24H24N2O5. The predicted molar refractivity (Wildman–Crippen MR) is 117 cm³/mol. The summed E-state index contributed by atoms with van der Waals surface area (Å²) in [6, 6.07) is 18.4. The van der Waals surface area contributed by atoms with Gasteiger partial charge >= 0.3 is 5.97 Å². The number of β-amino-alcohol motifs (C(OH)–C–C–N with tert-alkyl or cyclic N) is 1. The van der Waals surface area contributed by atoms with Crippen molar-refractivity contribution in [3.05, 3.63) is 66.2 Å². The molecule has 1 aliphatic rings. The number of hydrogen-bond donors (Lipinski definition) is 3. The van der Waals surface area contributed by atoms with Gasteiger partial charge in [-0.2, -0.15) is 0 Å². The van der Waals surface area contributed by atoms with E-state index in [9.17, 15) is 19.8 Å². The van der Waals surface area contributed by atoms with E-state index in [0.717, 1.165) is 21.9 Å². The maximum Gasteiger partial charge on any atom is 0.335 e. The number of aliphatic hydroxyl groups is 1. The minimum Gasteiger partial charge on any atom is -0.490 e. The molecule has 0 bridgehead atoms. The van der Waals surface area contributed by atoms with Crippen molar-refractivity contribution in [3.8, 4) is 16.9 Å². The first-order valence-electron chi connectivity index (χ1n) is 10.2. The number of carbonyl (C=O) groups is 2. The van der Waals surface area contributed by atoms with Gasteiger partial charge in [-0.15, -0.1) is 0 Å². The third-order valence-electron chi connectivity index (χ3n) is 5.33. The second-order valence-electron chi connectivity index (χ2n) is 7.59. The van der Waals surface area contributed by atoms with Crippen LogP contribution >= 0.6 is 0 Å². The third kappa shape index (κ3) is 4.84. The standard InChI is InChI=1S/C24H24N2O5/c27-19(13-26-12-11-25-22(28)14-26)15-31-21-10-9-16-3-1-2-4-20(16)23(21)17-5-7-18(8-6-17)24(29)30/h1-10,19,27H,11-15H2,(H,25,28)(H,29,30). The van der Waals surface area contributed by atoms with E-state index in [-0.39, 0.29) is 24.6 Å². The lowest BCUT2D eigenvalue weighted by atomic mass is 9.96. The maximum atomic E-state index is 11.5. The fourth-order valence-electron chi connectivity index (χ4n) is 3.83.